The third kappa shape index (κ3) is 4.18. The molecule has 0 bridgehead atoms. The lowest BCUT2D eigenvalue weighted by molar-refractivity contribution is 0.101. The zero-order valence-electron chi connectivity index (χ0n) is 15.2. The molecule has 2 aromatic rings. The van der Waals surface area contributed by atoms with Crippen LogP contribution in [0.15, 0.2) is 42.5 Å². The Balaban J connectivity index is 1.74. The van der Waals surface area contributed by atoms with Crippen LogP contribution >= 0.6 is 0 Å². The molecule has 0 spiro atoms. The van der Waals surface area contributed by atoms with Gasteiger partial charge in [-0.3, -0.25) is 4.79 Å². The number of carbonyl (C=O) groups is 1. The van der Waals surface area contributed by atoms with Crippen LogP contribution in [0.2, 0.25) is 0 Å². The summed E-state index contributed by atoms with van der Waals surface area (Å²) < 4.78 is 14.7. The third-order valence-corrected chi connectivity index (χ3v) is 5.61. The number of carbonyl (C=O) groups excluding carboxylic acids is 1. The van der Waals surface area contributed by atoms with Gasteiger partial charge in [0.1, 0.15) is 5.82 Å². The minimum atomic E-state index is -0.0907. The van der Waals surface area contributed by atoms with Crippen LogP contribution in [-0.2, 0) is 0 Å². The number of hydrogen-bond donors (Lipinski definition) is 0. The van der Waals surface area contributed by atoms with Gasteiger partial charge in [0.15, 0.2) is 5.78 Å². The molecule has 0 N–H and O–H groups in total. The Morgan fingerprint density at radius 2 is 1.64 bits per heavy atom. The van der Waals surface area contributed by atoms with Gasteiger partial charge in [-0.2, -0.15) is 0 Å². The maximum atomic E-state index is 14.7. The fraction of sp³-hybridized carbons (Fsp3) is 0.435. The van der Waals surface area contributed by atoms with Crippen LogP contribution in [0.25, 0.3) is 11.1 Å². The van der Waals surface area contributed by atoms with Gasteiger partial charge in [-0.05, 0) is 67.2 Å². The van der Waals surface area contributed by atoms with E-state index in [1.807, 2.05) is 24.3 Å². The molecule has 25 heavy (non-hydrogen) atoms. The molecule has 0 heterocycles. The van der Waals surface area contributed by atoms with Gasteiger partial charge in [-0.1, -0.05) is 56.2 Å². The van der Waals surface area contributed by atoms with Crippen molar-refractivity contribution in [2.45, 2.75) is 58.3 Å². The van der Waals surface area contributed by atoms with Crippen LogP contribution in [0.5, 0.6) is 0 Å². The average Bonchev–Trinajstić information content (AvgIpc) is 2.63. The molecule has 1 fully saturated rings. The first-order valence-electron chi connectivity index (χ1n) is 9.49. The van der Waals surface area contributed by atoms with E-state index in [9.17, 15) is 9.18 Å². The lowest BCUT2D eigenvalue weighted by Gasteiger charge is -2.29. The number of benzene rings is 2. The highest BCUT2D eigenvalue weighted by atomic mass is 19.1. The summed E-state index contributed by atoms with van der Waals surface area (Å²) >= 11 is 0. The van der Waals surface area contributed by atoms with Crippen molar-refractivity contribution >= 4 is 5.78 Å². The summed E-state index contributed by atoms with van der Waals surface area (Å²) in [4.78, 5) is 11.4. The highest BCUT2D eigenvalue weighted by Gasteiger charge is 2.24. The zero-order valence-corrected chi connectivity index (χ0v) is 15.2. The first-order chi connectivity index (χ1) is 12.1. The molecule has 0 unspecified atom stereocenters. The van der Waals surface area contributed by atoms with Gasteiger partial charge < -0.3 is 0 Å². The molecule has 2 heteroatoms. The van der Waals surface area contributed by atoms with Crippen LogP contribution in [0, 0.1) is 11.7 Å². The van der Waals surface area contributed by atoms with E-state index in [2.05, 4.69) is 6.92 Å². The van der Waals surface area contributed by atoms with Gasteiger partial charge in [0.2, 0.25) is 0 Å². The average molecular weight is 338 g/mol. The van der Waals surface area contributed by atoms with E-state index in [0.717, 1.165) is 35.4 Å². The molecule has 3 rings (SSSR count). The molecule has 1 saturated carbocycles. The molecule has 0 amide bonds. The van der Waals surface area contributed by atoms with Crippen molar-refractivity contribution in [3.05, 3.63) is 59.4 Å². The molecule has 0 atom stereocenters. The van der Waals surface area contributed by atoms with Crippen molar-refractivity contribution in [1.82, 2.24) is 0 Å². The lowest BCUT2D eigenvalue weighted by Crippen LogP contribution is -2.14. The SMILES string of the molecule is CCCC1CCC(c2ccc(-c3ccc(C(C)=O)cc3)cc2F)CC1. The van der Waals surface area contributed by atoms with Crippen LogP contribution < -0.4 is 0 Å². The maximum Gasteiger partial charge on any atom is 0.159 e. The number of halogens is 1. The largest absolute Gasteiger partial charge is 0.295 e. The Kier molecular flexibility index (Phi) is 5.67. The Morgan fingerprint density at radius 3 is 2.20 bits per heavy atom. The van der Waals surface area contributed by atoms with Crippen LogP contribution in [0.1, 0.15) is 74.2 Å². The second kappa shape index (κ2) is 7.95. The number of rotatable bonds is 5. The van der Waals surface area contributed by atoms with E-state index in [-0.39, 0.29) is 11.6 Å². The Bertz CT molecular complexity index is 724. The fourth-order valence-corrected chi connectivity index (χ4v) is 4.11. The molecule has 0 radical (unpaired) electrons. The minimum absolute atomic E-state index is 0.0479. The lowest BCUT2D eigenvalue weighted by atomic mass is 9.77. The molecule has 0 aliphatic heterocycles. The molecular formula is C23H27FO. The molecule has 1 aliphatic carbocycles. The van der Waals surface area contributed by atoms with Crippen LogP contribution in [-0.4, -0.2) is 5.78 Å². The molecule has 1 aliphatic rings. The first-order valence-corrected chi connectivity index (χ1v) is 9.49. The first kappa shape index (κ1) is 17.8. The van der Waals surface area contributed by atoms with E-state index < -0.39 is 0 Å². The topological polar surface area (TPSA) is 17.1 Å². The predicted molar refractivity (Wildman–Crippen MR) is 101 cm³/mol. The van der Waals surface area contributed by atoms with Crippen molar-refractivity contribution in [1.29, 1.82) is 0 Å². The quantitative estimate of drug-likeness (QED) is 0.550. The highest BCUT2D eigenvalue weighted by molar-refractivity contribution is 5.94. The highest BCUT2D eigenvalue weighted by Crippen LogP contribution is 2.39. The van der Waals surface area contributed by atoms with Crippen molar-refractivity contribution in [2.24, 2.45) is 5.92 Å². The van der Waals surface area contributed by atoms with E-state index in [0.29, 0.717) is 11.5 Å². The third-order valence-electron chi connectivity index (χ3n) is 5.61. The van der Waals surface area contributed by atoms with Crippen LogP contribution in [0.3, 0.4) is 0 Å². The summed E-state index contributed by atoms with van der Waals surface area (Å²) in [7, 11) is 0. The second-order valence-corrected chi connectivity index (χ2v) is 7.38. The number of Topliss-reactive ketones (excluding diaryl/α,β-unsaturated/α-hetero) is 1. The fourth-order valence-electron chi connectivity index (χ4n) is 4.11. The van der Waals surface area contributed by atoms with E-state index >= 15 is 0 Å². The molecular weight excluding hydrogens is 311 g/mol. The minimum Gasteiger partial charge on any atom is -0.295 e. The second-order valence-electron chi connectivity index (χ2n) is 7.38. The summed E-state index contributed by atoms with van der Waals surface area (Å²) in [6.45, 7) is 3.80. The molecule has 0 saturated heterocycles. The van der Waals surface area contributed by atoms with Crippen molar-refractivity contribution < 1.29 is 9.18 Å². The van der Waals surface area contributed by atoms with E-state index in [4.69, 9.17) is 0 Å². The normalized spacial score (nSPS) is 20.4. The molecule has 2 aromatic carbocycles. The van der Waals surface area contributed by atoms with Gasteiger partial charge in [0.25, 0.3) is 0 Å². The van der Waals surface area contributed by atoms with Gasteiger partial charge in [-0.25, -0.2) is 4.39 Å². The number of hydrogen-bond acceptors (Lipinski definition) is 1. The molecule has 132 valence electrons. The Labute approximate surface area is 150 Å². The monoisotopic (exact) mass is 338 g/mol. The summed E-state index contributed by atoms with van der Waals surface area (Å²) in [5, 5.41) is 0. The Hall–Kier alpha value is -1.96. The van der Waals surface area contributed by atoms with E-state index in [1.165, 1.54) is 25.7 Å². The molecule has 1 nitrogen and oxygen atoms in total. The van der Waals surface area contributed by atoms with Crippen LogP contribution in [0.4, 0.5) is 4.39 Å². The Morgan fingerprint density at radius 1 is 1.00 bits per heavy atom. The summed E-state index contributed by atoms with van der Waals surface area (Å²) in [6, 6.07) is 13.0. The summed E-state index contributed by atoms with van der Waals surface area (Å²) in [5.74, 6) is 1.16. The maximum absolute atomic E-state index is 14.7. The molecule has 0 aromatic heterocycles. The summed E-state index contributed by atoms with van der Waals surface area (Å²) in [6.07, 6.45) is 7.23. The van der Waals surface area contributed by atoms with Gasteiger partial charge in [0, 0.05) is 5.56 Å². The van der Waals surface area contributed by atoms with E-state index in [1.54, 1.807) is 25.1 Å². The zero-order chi connectivity index (χ0) is 17.8. The predicted octanol–water partition coefficient (Wildman–Crippen LogP) is 6.77. The standard InChI is InChI=1S/C23H27FO/c1-3-4-17-5-7-20(8-6-17)22-14-13-21(15-23(22)24)19-11-9-18(10-12-19)16(2)25/h9-15,17,20H,3-8H2,1-2H3. The number of ketones is 1. The van der Waals surface area contributed by atoms with Gasteiger partial charge >= 0.3 is 0 Å². The summed E-state index contributed by atoms with van der Waals surface area (Å²) in [5.41, 5.74) is 3.38. The van der Waals surface area contributed by atoms with Gasteiger partial charge in [0.05, 0.1) is 0 Å². The van der Waals surface area contributed by atoms with Crippen molar-refractivity contribution in [2.75, 3.05) is 0 Å². The van der Waals surface area contributed by atoms with Crippen molar-refractivity contribution in [3.63, 3.8) is 0 Å². The van der Waals surface area contributed by atoms with Gasteiger partial charge in [-0.15, -0.1) is 0 Å². The smallest absolute Gasteiger partial charge is 0.159 e. The van der Waals surface area contributed by atoms with Crippen molar-refractivity contribution in [3.8, 4) is 11.1 Å².